The monoisotopic (exact) mass is 282 g/mol. The lowest BCUT2D eigenvalue weighted by molar-refractivity contribution is 0.288. The number of anilines is 1. The van der Waals surface area contributed by atoms with Gasteiger partial charge in [-0.05, 0) is 38.2 Å². The molecule has 0 amide bonds. The van der Waals surface area contributed by atoms with Crippen LogP contribution in [0.5, 0.6) is 11.5 Å². The first-order valence-corrected chi connectivity index (χ1v) is 6.29. The van der Waals surface area contributed by atoms with E-state index in [9.17, 15) is 0 Å². The largest absolute Gasteiger partial charge is 0.490 e. The van der Waals surface area contributed by atoms with Crippen LogP contribution >= 0.6 is 12.2 Å². The molecule has 0 unspecified atom stereocenters. The number of benzene rings is 1. The molecule has 6 nitrogen and oxygen atoms in total. The second-order valence-electron chi connectivity index (χ2n) is 3.52. The number of nitrogens with two attached hydrogens (primary N) is 1. The molecule has 5 N–H and O–H groups in total. The summed E-state index contributed by atoms with van der Waals surface area (Å²) in [7, 11) is 0. The van der Waals surface area contributed by atoms with Crippen molar-refractivity contribution in [1.82, 2.24) is 5.32 Å². The smallest absolute Gasteiger partial charge is 0.192 e. The van der Waals surface area contributed by atoms with Crippen LogP contribution in [0, 0.1) is 5.41 Å². The lowest BCUT2D eigenvalue weighted by Gasteiger charge is -2.14. The second kappa shape index (κ2) is 7.42. The van der Waals surface area contributed by atoms with Crippen LogP contribution in [-0.2, 0) is 0 Å². The number of ether oxygens (including phenoxy) is 2. The fourth-order valence-corrected chi connectivity index (χ4v) is 1.64. The van der Waals surface area contributed by atoms with Gasteiger partial charge in [0.2, 0.25) is 0 Å². The first-order valence-electron chi connectivity index (χ1n) is 5.88. The van der Waals surface area contributed by atoms with Crippen LogP contribution < -0.4 is 25.8 Å². The molecule has 0 aliphatic heterocycles. The van der Waals surface area contributed by atoms with E-state index < -0.39 is 0 Å². The zero-order chi connectivity index (χ0) is 14.3. The zero-order valence-electron chi connectivity index (χ0n) is 10.9. The van der Waals surface area contributed by atoms with Gasteiger partial charge in [0.15, 0.2) is 22.6 Å². The highest BCUT2D eigenvalue weighted by Gasteiger charge is 2.07. The van der Waals surface area contributed by atoms with Gasteiger partial charge in [-0.2, -0.15) is 0 Å². The summed E-state index contributed by atoms with van der Waals surface area (Å²) in [6.07, 6.45) is 0. The van der Waals surface area contributed by atoms with E-state index in [4.69, 9.17) is 32.8 Å². The molecule has 7 heteroatoms. The minimum absolute atomic E-state index is 0.214. The molecule has 0 spiro atoms. The number of rotatable bonds is 5. The molecule has 0 fully saturated rings. The lowest BCUT2D eigenvalue weighted by Crippen LogP contribution is -2.38. The van der Waals surface area contributed by atoms with Gasteiger partial charge in [-0.15, -0.1) is 0 Å². The lowest BCUT2D eigenvalue weighted by atomic mass is 10.2. The molecular formula is C12H18N4O2S. The maximum absolute atomic E-state index is 7.08. The Balaban J connectivity index is 2.82. The first kappa shape index (κ1) is 15.0. The van der Waals surface area contributed by atoms with E-state index in [1.54, 1.807) is 12.1 Å². The molecule has 0 atom stereocenters. The summed E-state index contributed by atoms with van der Waals surface area (Å²) in [6.45, 7) is 4.92. The predicted octanol–water partition coefficient (Wildman–Crippen LogP) is 1.66. The van der Waals surface area contributed by atoms with Crippen molar-refractivity contribution < 1.29 is 9.47 Å². The molecule has 1 aromatic rings. The SMILES string of the molecule is CCOc1ccc(NC(=S)NC(=N)N)cc1OCC. The van der Waals surface area contributed by atoms with Crippen LogP contribution in [0.25, 0.3) is 0 Å². The van der Waals surface area contributed by atoms with Crippen molar-refractivity contribution in [2.45, 2.75) is 13.8 Å². The summed E-state index contributed by atoms with van der Waals surface area (Å²) in [5.74, 6) is 1.11. The van der Waals surface area contributed by atoms with Gasteiger partial charge in [0.25, 0.3) is 0 Å². The Labute approximate surface area is 117 Å². The zero-order valence-corrected chi connectivity index (χ0v) is 11.8. The summed E-state index contributed by atoms with van der Waals surface area (Å²) >= 11 is 4.99. The second-order valence-corrected chi connectivity index (χ2v) is 3.93. The van der Waals surface area contributed by atoms with E-state index in [1.165, 1.54) is 0 Å². The Morgan fingerprint density at radius 3 is 2.47 bits per heavy atom. The van der Waals surface area contributed by atoms with Gasteiger partial charge in [0.05, 0.1) is 13.2 Å². The third-order valence-electron chi connectivity index (χ3n) is 2.05. The van der Waals surface area contributed by atoms with Gasteiger partial charge in [-0.25, -0.2) is 0 Å². The van der Waals surface area contributed by atoms with Crippen molar-refractivity contribution in [2.75, 3.05) is 18.5 Å². The third-order valence-corrected chi connectivity index (χ3v) is 2.25. The van der Waals surface area contributed by atoms with Crippen molar-refractivity contribution in [1.29, 1.82) is 5.41 Å². The number of thiocarbonyl (C=S) groups is 1. The number of nitrogens with one attached hydrogen (secondary N) is 3. The van der Waals surface area contributed by atoms with Crippen LogP contribution in [0.1, 0.15) is 13.8 Å². The van der Waals surface area contributed by atoms with Crippen LogP contribution in [0.4, 0.5) is 5.69 Å². The van der Waals surface area contributed by atoms with E-state index in [-0.39, 0.29) is 11.1 Å². The van der Waals surface area contributed by atoms with Gasteiger partial charge in [0, 0.05) is 11.8 Å². The van der Waals surface area contributed by atoms with Gasteiger partial charge in [-0.1, -0.05) is 0 Å². The highest BCUT2D eigenvalue weighted by Crippen LogP contribution is 2.30. The summed E-state index contributed by atoms with van der Waals surface area (Å²) in [6, 6.07) is 5.39. The summed E-state index contributed by atoms with van der Waals surface area (Å²) < 4.78 is 11.0. The molecule has 19 heavy (non-hydrogen) atoms. The normalized spacial score (nSPS) is 9.58. The first-order chi connectivity index (χ1) is 9.06. The van der Waals surface area contributed by atoms with Crippen molar-refractivity contribution in [3.63, 3.8) is 0 Å². The predicted molar refractivity (Wildman–Crippen MR) is 80.1 cm³/mol. The van der Waals surface area contributed by atoms with E-state index in [0.29, 0.717) is 24.7 Å². The molecular weight excluding hydrogens is 264 g/mol. The molecule has 0 saturated carbocycles. The van der Waals surface area contributed by atoms with Gasteiger partial charge in [0.1, 0.15) is 0 Å². The minimum Gasteiger partial charge on any atom is -0.490 e. The highest BCUT2D eigenvalue weighted by atomic mass is 32.1. The van der Waals surface area contributed by atoms with Crippen LogP contribution in [0.15, 0.2) is 18.2 Å². The third kappa shape index (κ3) is 5.01. The molecule has 0 saturated heterocycles. The maximum Gasteiger partial charge on any atom is 0.192 e. The van der Waals surface area contributed by atoms with Crippen molar-refractivity contribution in [3.05, 3.63) is 18.2 Å². The van der Waals surface area contributed by atoms with E-state index in [1.807, 2.05) is 19.9 Å². The van der Waals surface area contributed by atoms with Crippen molar-refractivity contribution in [2.24, 2.45) is 5.73 Å². The minimum atomic E-state index is -0.214. The molecule has 0 aliphatic rings. The average Bonchev–Trinajstić information content (AvgIpc) is 2.32. The van der Waals surface area contributed by atoms with Crippen LogP contribution in [0.3, 0.4) is 0 Å². The van der Waals surface area contributed by atoms with Gasteiger partial charge >= 0.3 is 0 Å². The topological polar surface area (TPSA) is 92.4 Å². The summed E-state index contributed by atoms with van der Waals surface area (Å²) in [4.78, 5) is 0. The summed E-state index contributed by atoms with van der Waals surface area (Å²) in [5, 5.41) is 12.7. The number of guanidine groups is 1. The van der Waals surface area contributed by atoms with Crippen LogP contribution in [0.2, 0.25) is 0 Å². The van der Waals surface area contributed by atoms with E-state index in [0.717, 1.165) is 5.69 Å². The number of hydrogen-bond acceptors (Lipinski definition) is 4. The van der Waals surface area contributed by atoms with E-state index >= 15 is 0 Å². The standard InChI is InChI=1S/C12H18N4O2S/c1-3-17-9-6-5-8(7-10(9)18-4-2)15-12(19)16-11(13)14/h5-7H,3-4H2,1-2H3,(H5,13,14,15,16,19). The Kier molecular flexibility index (Phi) is 5.87. The number of hydrogen-bond donors (Lipinski definition) is 4. The molecule has 1 aromatic carbocycles. The fourth-order valence-electron chi connectivity index (χ4n) is 1.41. The fraction of sp³-hybridized carbons (Fsp3) is 0.333. The summed E-state index contributed by atoms with van der Waals surface area (Å²) in [5.41, 5.74) is 5.92. The molecule has 0 bridgehead atoms. The Morgan fingerprint density at radius 2 is 1.89 bits per heavy atom. The molecule has 104 valence electrons. The molecule has 0 heterocycles. The Bertz CT molecular complexity index is 465. The molecule has 1 rings (SSSR count). The van der Waals surface area contributed by atoms with Crippen molar-refractivity contribution >= 4 is 29.0 Å². The van der Waals surface area contributed by atoms with E-state index in [2.05, 4.69) is 10.6 Å². The Hall–Kier alpha value is -2.02. The van der Waals surface area contributed by atoms with Crippen LogP contribution in [-0.4, -0.2) is 24.3 Å². The molecule has 0 aromatic heterocycles. The van der Waals surface area contributed by atoms with Crippen molar-refractivity contribution in [3.8, 4) is 11.5 Å². The Morgan fingerprint density at radius 1 is 1.26 bits per heavy atom. The average molecular weight is 282 g/mol. The highest BCUT2D eigenvalue weighted by molar-refractivity contribution is 7.80. The molecule has 0 aliphatic carbocycles. The van der Waals surface area contributed by atoms with Gasteiger partial charge < -0.3 is 25.8 Å². The molecule has 0 radical (unpaired) electrons. The quantitative estimate of drug-likeness (QED) is 0.373. The maximum atomic E-state index is 7.08. The van der Waals surface area contributed by atoms with Gasteiger partial charge in [-0.3, -0.25) is 5.41 Å².